The second-order valence-electron chi connectivity index (χ2n) is 11.7. The monoisotopic (exact) mass is 551 g/mol. The molecule has 2 heterocycles. The van der Waals surface area contributed by atoms with Crippen LogP contribution in [0.25, 0.3) is 67.2 Å². The number of benzene rings is 5. The van der Waals surface area contributed by atoms with E-state index < -0.39 is 0 Å². The Morgan fingerprint density at radius 2 is 1.05 bits per heavy atom. The smallest absolute Gasteiger partial charge is 0.160 e. The van der Waals surface area contributed by atoms with Gasteiger partial charge in [-0.2, -0.15) is 0 Å². The zero-order valence-corrected chi connectivity index (χ0v) is 24.1. The normalized spacial score (nSPS) is 13.1. The Hall–Kier alpha value is -5.41. The van der Waals surface area contributed by atoms with Crippen LogP contribution >= 0.6 is 0 Å². The molecule has 0 radical (unpaired) electrons. The van der Waals surface area contributed by atoms with Gasteiger partial charge in [0, 0.05) is 33.1 Å². The van der Waals surface area contributed by atoms with Crippen LogP contribution in [0.5, 0.6) is 0 Å². The van der Waals surface area contributed by atoms with Gasteiger partial charge in [-0.1, -0.05) is 141 Å². The van der Waals surface area contributed by atoms with E-state index in [1.54, 1.807) is 0 Å². The highest BCUT2D eigenvalue weighted by Crippen LogP contribution is 2.53. The molecule has 0 unspecified atom stereocenters. The molecule has 7 aromatic rings. The molecule has 5 aromatic carbocycles. The second kappa shape index (κ2) is 9.85. The number of nitrogens with zero attached hydrogens (tertiary/aromatic N) is 3. The van der Waals surface area contributed by atoms with E-state index in [1.165, 1.54) is 33.2 Å². The largest absolute Gasteiger partial charge is 0.247 e. The van der Waals surface area contributed by atoms with Crippen molar-refractivity contribution in [1.82, 2.24) is 15.0 Å². The Morgan fingerprint density at radius 3 is 1.72 bits per heavy atom. The highest BCUT2D eigenvalue weighted by molar-refractivity contribution is 6.02. The zero-order valence-electron chi connectivity index (χ0n) is 24.1. The molecule has 3 nitrogen and oxygen atoms in total. The summed E-state index contributed by atoms with van der Waals surface area (Å²) in [6, 6.07) is 48.7. The van der Waals surface area contributed by atoms with Crippen molar-refractivity contribution in [3.8, 4) is 56.3 Å². The summed E-state index contributed by atoms with van der Waals surface area (Å²) >= 11 is 0. The average molecular weight is 552 g/mol. The molecule has 0 saturated carbocycles. The Bertz CT molecular complexity index is 2070. The minimum Gasteiger partial charge on any atom is -0.247 e. The van der Waals surface area contributed by atoms with E-state index in [0.29, 0.717) is 5.82 Å². The maximum absolute atomic E-state index is 5.20. The molecule has 204 valence electrons. The van der Waals surface area contributed by atoms with Crippen molar-refractivity contribution < 1.29 is 0 Å². The SMILES string of the molecule is CC1(C)c2ccccc2-c2nc3ccccc3c(-c3ccc(-c4nc(-c5ccccc5)cc(-c5ccccc5)n4)cc3)c21. The molecule has 0 N–H and O–H groups in total. The zero-order chi connectivity index (χ0) is 29.0. The molecule has 0 amide bonds. The lowest BCUT2D eigenvalue weighted by Gasteiger charge is -2.25. The first-order chi connectivity index (χ1) is 21.1. The molecule has 0 atom stereocenters. The number of pyridine rings is 1. The Morgan fingerprint density at radius 1 is 0.488 bits per heavy atom. The van der Waals surface area contributed by atoms with Gasteiger partial charge in [0.05, 0.1) is 22.6 Å². The van der Waals surface area contributed by atoms with Crippen LogP contribution in [0.2, 0.25) is 0 Å². The van der Waals surface area contributed by atoms with Crippen molar-refractivity contribution in [1.29, 1.82) is 0 Å². The van der Waals surface area contributed by atoms with Crippen LogP contribution in [-0.4, -0.2) is 15.0 Å². The van der Waals surface area contributed by atoms with E-state index in [2.05, 4.69) is 117 Å². The Kier molecular flexibility index (Phi) is 5.80. The molecule has 0 saturated heterocycles. The van der Waals surface area contributed by atoms with Gasteiger partial charge in [0.2, 0.25) is 0 Å². The molecule has 3 heteroatoms. The van der Waals surface area contributed by atoms with Crippen molar-refractivity contribution >= 4 is 10.9 Å². The van der Waals surface area contributed by atoms with Gasteiger partial charge in [0.25, 0.3) is 0 Å². The van der Waals surface area contributed by atoms with Gasteiger partial charge in [-0.15, -0.1) is 0 Å². The van der Waals surface area contributed by atoms with Crippen molar-refractivity contribution in [2.24, 2.45) is 0 Å². The predicted molar refractivity (Wildman–Crippen MR) is 177 cm³/mol. The van der Waals surface area contributed by atoms with Crippen molar-refractivity contribution in [3.05, 3.63) is 151 Å². The maximum Gasteiger partial charge on any atom is 0.160 e. The number of hydrogen-bond donors (Lipinski definition) is 0. The first kappa shape index (κ1) is 25.3. The van der Waals surface area contributed by atoms with Gasteiger partial charge in [0.15, 0.2) is 5.82 Å². The Labute approximate surface area is 251 Å². The quantitative estimate of drug-likeness (QED) is 0.218. The summed E-state index contributed by atoms with van der Waals surface area (Å²) in [7, 11) is 0. The second-order valence-corrected chi connectivity index (χ2v) is 11.7. The van der Waals surface area contributed by atoms with Gasteiger partial charge in [-0.05, 0) is 34.4 Å². The molecule has 43 heavy (non-hydrogen) atoms. The number of hydrogen-bond acceptors (Lipinski definition) is 3. The lowest BCUT2D eigenvalue weighted by atomic mass is 9.78. The summed E-state index contributed by atoms with van der Waals surface area (Å²) < 4.78 is 0. The lowest BCUT2D eigenvalue weighted by molar-refractivity contribution is 0.662. The molecule has 0 aliphatic heterocycles. The minimum atomic E-state index is -0.172. The van der Waals surface area contributed by atoms with E-state index in [-0.39, 0.29) is 5.41 Å². The van der Waals surface area contributed by atoms with E-state index in [0.717, 1.165) is 39.3 Å². The van der Waals surface area contributed by atoms with E-state index in [9.17, 15) is 0 Å². The van der Waals surface area contributed by atoms with Gasteiger partial charge >= 0.3 is 0 Å². The third-order valence-corrected chi connectivity index (χ3v) is 8.67. The van der Waals surface area contributed by atoms with Crippen molar-refractivity contribution in [2.75, 3.05) is 0 Å². The highest BCUT2D eigenvalue weighted by atomic mass is 14.9. The summed E-state index contributed by atoms with van der Waals surface area (Å²) in [6.07, 6.45) is 0. The summed E-state index contributed by atoms with van der Waals surface area (Å²) in [4.78, 5) is 15.3. The molecule has 8 rings (SSSR count). The number of fused-ring (bicyclic) bond motifs is 4. The maximum atomic E-state index is 5.20. The molecular formula is C40H29N3. The van der Waals surface area contributed by atoms with E-state index in [4.69, 9.17) is 15.0 Å². The fourth-order valence-electron chi connectivity index (χ4n) is 6.56. The summed E-state index contributed by atoms with van der Waals surface area (Å²) in [5, 5.41) is 1.17. The van der Waals surface area contributed by atoms with Crippen LogP contribution in [0, 0.1) is 0 Å². The van der Waals surface area contributed by atoms with Crippen LogP contribution in [-0.2, 0) is 5.41 Å². The van der Waals surface area contributed by atoms with Crippen molar-refractivity contribution in [3.63, 3.8) is 0 Å². The average Bonchev–Trinajstić information content (AvgIpc) is 3.30. The Balaban J connectivity index is 1.30. The predicted octanol–water partition coefficient (Wildman–Crippen LogP) is 10.00. The lowest BCUT2D eigenvalue weighted by Crippen LogP contribution is -2.16. The fraction of sp³-hybridized carbons (Fsp3) is 0.0750. The summed E-state index contributed by atoms with van der Waals surface area (Å²) in [5.74, 6) is 0.712. The number of rotatable bonds is 4. The molecule has 1 aliphatic rings. The molecule has 0 spiro atoms. The third kappa shape index (κ3) is 4.16. The highest BCUT2D eigenvalue weighted by Gasteiger charge is 2.39. The molecule has 0 bridgehead atoms. The van der Waals surface area contributed by atoms with Gasteiger partial charge in [-0.3, -0.25) is 0 Å². The van der Waals surface area contributed by atoms with Gasteiger partial charge < -0.3 is 0 Å². The number of para-hydroxylation sites is 1. The standard InChI is InChI=1S/C40H29N3/c1-40(2)32-19-11-9-17-30(32)38-37(40)36(31-18-10-12-20-33(31)41-38)28-21-23-29(24-22-28)39-42-34(26-13-5-3-6-14-26)25-35(43-39)27-15-7-4-8-16-27/h3-25H,1-2H3. The van der Waals surface area contributed by atoms with Crippen LogP contribution in [0.15, 0.2) is 140 Å². The summed E-state index contributed by atoms with van der Waals surface area (Å²) in [6.45, 7) is 4.64. The molecular weight excluding hydrogens is 522 g/mol. The molecule has 1 aliphatic carbocycles. The van der Waals surface area contributed by atoms with E-state index in [1.807, 2.05) is 36.4 Å². The number of aromatic nitrogens is 3. The third-order valence-electron chi connectivity index (χ3n) is 8.67. The van der Waals surface area contributed by atoms with Crippen LogP contribution in [0.3, 0.4) is 0 Å². The van der Waals surface area contributed by atoms with Crippen LogP contribution < -0.4 is 0 Å². The minimum absolute atomic E-state index is 0.172. The molecule has 2 aromatic heterocycles. The molecule has 0 fully saturated rings. The van der Waals surface area contributed by atoms with Gasteiger partial charge in [0.1, 0.15) is 0 Å². The van der Waals surface area contributed by atoms with Crippen LogP contribution in [0.4, 0.5) is 0 Å². The first-order valence-electron chi connectivity index (χ1n) is 14.7. The van der Waals surface area contributed by atoms with E-state index >= 15 is 0 Å². The van der Waals surface area contributed by atoms with Gasteiger partial charge in [-0.25, -0.2) is 15.0 Å². The first-order valence-corrected chi connectivity index (χ1v) is 14.7. The van der Waals surface area contributed by atoms with Crippen molar-refractivity contribution in [2.45, 2.75) is 19.3 Å². The summed E-state index contributed by atoms with van der Waals surface area (Å²) in [5.41, 5.74) is 13.1. The topological polar surface area (TPSA) is 38.7 Å². The van der Waals surface area contributed by atoms with Crippen LogP contribution in [0.1, 0.15) is 25.0 Å². The fourth-order valence-corrected chi connectivity index (χ4v) is 6.56.